The molecule has 0 spiro atoms. The first-order valence-corrected chi connectivity index (χ1v) is 16.5. The Morgan fingerprint density at radius 3 is 2.45 bits per heavy atom. The fraction of sp³-hybridized carbons (Fsp3) is 0.441. The van der Waals surface area contributed by atoms with Crippen molar-refractivity contribution in [2.45, 2.75) is 62.6 Å². The van der Waals surface area contributed by atoms with Gasteiger partial charge in [-0.3, -0.25) is 43.7 Å². The first kappa shape index (κ1) is 28.3. The molecule has 47 heavy (non-hydrogen) atoms. The van der Waals surface area contributed by atoms with Gasteiger partial charge in [-0.1, -0.05) is 0 Å². The number of rotatable bonds is 8. The number of nitrogens with zero attached hydrogens (tertiary/aromatic N) is 7. The van der Waals surface area contributed by atoms with E-state index in [9.17, 15) is 19.2 Å². The standard InChI is InChI=1S/C34H35N9O4/c1-40-15-23(16-40)41-14-20-13-36-28(11-27(20)38-41)26-17-42(39-31(26)19-2-3-19)22-8-18(9-22)12-35-21-4-5-24-25(10-21)34(47)43(33(24)46)29-6-7-30(44)37-32(29)45/h4-5,10-11,13-14,17-19,22-23,29,35H,2-3,6-9,12,15-16H2,1H3,(H,37,44,45)/t18-,22-,29?. The number of carbonyl (C=O) groups is 4. The van der Waals surface area contributed by atoms with Crippen molar-refractivity contribution in [2.24, 2.45) is 5.92 Å². The second-order valence-corrected chi connectivity index (χ2v) is 13.9. The van der Waals surface area contributed by atoms with Gasteiger partial charge in [-0.15, -0.1) is 0 Å². The molecule has 240 valence electrons. The summed E-state index contributed by atoms with van der Waals surface area (Å²) >= 11 is 0. The van der Waals surface area contributed by atoms with E-state index < -0.39 is 23.8 Å². The summed E-state index contributed by atoms with van der Waals surface area (Å²) in [6.45, 7) is 2.77. The highest BCUT2D eigenvalue weighted by Gasteiger charge is 2.45. The van der Waals surface area contributed by atoms with Crippen molar-refractivity contribution >= 4 is 40.2 Å². The van der Waals surface area contributed by atoms with E-state index in [0.717, 1.165) is 83.8 Å². The number of aromatic nitrogens is 5. The van der Waals surface area contributed by atoms with Crippen LogP contribution in [0.4, 0.5) is 5.69 Å². The smallest absolute Gasteiger partial charge is 0.262 e. The number of amides is 4. The molecule has 3 aliphatic heterocycles. The number of benzene rings is 1. The Balaban J connectivity index is 0.853. The lowest BCUT2D eigenvalue weighted by Crippen LogP contribution is -2.54. The summed E-state index contributed by atoms with van der Waals surface area (Å²) in [5.74, 6) is -1.07. The zero-order valence-corrected chi connectivity index (χ0v) is 26.1. The molecule has 6 heterocycles. The summed E-state index contributed by atoms with van der Waals surface area (Å²) in [6, 6.07) is 7.00. The van der Waals surface area contributed by atoms with Crippen molar-refractivity contribution < 1.29 is 19.2 Å². The second-order valence-electron chi connectivity index (χ2n) is 13.9. The van der Waals surface area contributed by atoms with Crippen LogP contribution in [0.25, 0.3) is 22.2 Å². The summed E-state index contributed by atoms with van der Waals surface area (Å²) in [5, 5.41) is 16.7. The van der Waals surface area contributed by atoms with Crippen molar-refractivity contribution in [3.8, 4) is 11.3 Å². The van der Waals surface area contributed by atoms with Gasteiger partial charge in [0.15, 0.2) is 0 Å². The van der Waals surface area contributed by atoms with Crippen molar-refractivity contribution in [2.75, 3.05) is 32.0 Å². The van der Waals surface area contributed by atoms with Crippen LogP contribution < -0.4 is 10.6 Å². The van der Waals surface area contributed by atoms with Crippen molar-refractivity contribution in [1.82, 2.24) is 39.7 Å². The van der Waals surface area contributed by atoms with E-state index in [1.54, 1.807) is 18.2 Å². The number of hydrogen-bond donors (Lipinski definition) is 2. The van der Waals surface area contributed by atoms with Crippen molar-refractivity contribution in [3.63, 3.8) is 0 Å². The van der Waals surface area contributed by atoms with E-state index in [2.05, 4.69) is 50.4 Å². The molecule has 13 heteroatoms. The van der Waals surface area contributed by atoms with E-state index in [1.807, 2.05) is 6.20 Å². The topological polar surface area (TPSA) is 147 Å². The fourth-order valence-electron chi connectivity index (χ4n) is 7.48. The molecule has 4 aromatic rings. The SMILES string of the molecule is CN1CC(n2cc3cnc(-c4cn([C@H]5C[C@H](CNc6ccc7c(c6)C(=O)N(C6CCC(=O)NC6=O)C7=O)C5)nc4C4CC4)cc3n2)C1. The van der Waals surface area contributed by atoms with Gasteiger partial charge in [-0.25, -0.2) is 0 Å². The molecule has 4 amide bonds. The number of carbonyl (C=O) groups excluding carboxylic acids is 4. The van der Waals surface area contributed by atoms with Crippen molar-refractivity contribution in [1.29, 1.82) is 0 Å². The van der Waals surface area contributed by atoms with Crippen LogP contribution in [-0.4, -0.2) is 90.7 Å². The molecule has 1 atom stereocenters. The third-order valence-corrected chi connectivity index (χ3v) is 10.4. The number of pyridine rings is 1. The molecule has 5 aliphatic rings. The minimum atomic E-state index is -0.969. The number of hydrogen-bond acceptors (Lipinski definition) is 9. The molecule has 0 radical (unpaired) electrons. The third kappa shape index (κ3) is 4.82. The summed E-state index contributed by atoms with van der Waals surface area (Å²) < 4.78 is 4.22. The molecule has 2 N–H and O–H groups in total. The van der Waals surface area contributed by atoms with E-state index in [-0.39, 0.29) is 29.9 Å². The highest BCUT2D eigenvalue weighted by Crippen LogP contribution is 2.46. The molecule has 1 aromatic carbocycles. The Bertz CT molecular complexity index is 1980. The molecule has 4 fully saturated rings. The summed E-state index contributed by atoms with van der Waals surface area (Å²) in [7, 11) is 2.12. The van der Waals surface area contributed by atoms with Gasteiger partial charge < -0.3 is 10.2 Å². The molecular weight excluding hydrogens is 598 g/mol. The molecule has 13 nitrogen and oxygen atoms in total. The van der Waals surface area contributed by atoms with Gasteiger partial charge >= 0.3 is 0 Å². The Labute approximate surface area is 270 Å². The highest BCUT2D eigenvalue weighted by molar-refractivity contribution is 6.23. The van der Waals surface area contributed by atoms with Gasteiger partial charge in [0.05, 0.1) is 40.1 Å². The summed E-state index contributed by atoms with van der Waals surface area (Å²) in [6.07, 6.45) is 10.7. The number of imide groups is 2. The monoisotopic (exact) mass is 633 g/mol. The Morgan fingerprint density at radius 2 is 1.68 bits per heavy atom. The van der Waals surface area contributed by atoms with Gasteiger partial charge in [0.25, 0.3) is 11.8 Å². The summed E-state index contributed by atoms with van der Waals surface area (Å²) in [5.41, 5.74) is 5.46. The van der Waals surface area contributed by atoms with Crippen LogP contribution in [0.3, 0.4) is 0 Å². The maximum Gasteiger partial charge on any atom is 0.262 e. The lowest BCUT2D eigenvalue weighted by molar-refractivity contribution is -0.136. The molecule has 0 bridgehead atoms. The molecule has 2 aliphatic carbocycles. The van der Waals surface area contributed by atoms with Crippen LogP contribution in [0.1, 0.15) is 82.9 Å². The molecule has 3 aromatic heterocycles. The first-order valence-electron chi connectivity index (χ1n) is 16.5. The molecular formula is C34H35N9O4. The lowest BCUT2D eigenvalue weighted by Gasteiger charge is -2.36. The van der Waals surface area contributed by atoms with Crippen LogP contribution in [0.2, 0.25) is 0 Å². The summed E-state index contributed by atoms with van der Waals surface area (Å²) in [4.78, 5) is 58.2. The van der Waals surface area contributed by atoms with Gasteiger partial charge in [0.1, 0.15) is 6.04 Å². The Hall–Kier alpha value is -4.91. The number of piperidine rings is 1. The normalized spacial score (nSPS) is 24.8. The van der Waals surface area contributed by atoms with Gasteiger partial charge in [0, 0.05) is 67.2 Å². The Morgan fingerprint density at radius 1 is 0.894 bits per heavy atom. The van der Waals surface area contributed by atoms with E-state index in [4.69, 9.17) is 15.2 Å². The zero-order valence-electron chi connectivity index (χ0n) is 26.1. The number of nitrogens with one attached hydrogen (secondary N) is 2. The van der Waals surface area contributed by atoms with Crippen molar-refractivity contribution in [3.05, 3.63) is 59.7 Å². The minimum absolute atomic E-state index is 0.0955. The minimum Gasteiger partial charge on any atom is -0.385 e. The number of likely N-dealkylation sites (tertiary alicyclic amines) is 1. The maximum absolute atomic E-state index is 13.2. The van der Waals surface area contributed by atoms with Crippen LogP contribution in [-0.2, 0) is 9.59 Å². The predicted molar refractivity (Wildman–Crippen MR) is 171 cm³/mol. The fourth-order valence-corrected chi connectivity index (χ4v) is 7.48. The largest absolute Gasteiger partial charge is 0.385 e. The molecule has 2 saturated heterocycles. The highest BCUT2D eigenvalue weighted by atomic mass is 16.2. The number of fused-ring (bicyclic) bond motifs is 2. The van der Waals surface area contributed by atoms with E-state index in [1.165, 1.54) is 0 Å². The predicted octanol–water partition coefficient (Wildman–Crippen LogP) is 3.12. The average Bonchev–Trinajstić information content (AvgIpc) is 3.55. The molecule has 1 unspecified atom stereocenters. The number of likely N-dealkylation sites (N-methyl/N-ethyl adjacent to an activating group) is 1. The second kappa shape index (κ2) is 10.6. The van der Waals surface area contributed by atoms with Crippen LogP contribution in [0, 0.1) is 5.92 Å². The first-order chi connectivity index (χ1) is 22.8. The number of anilines is 1. The van der Waals surface area contributed by atoms with Crippen LogP contribution in [0.15, 0.2) is 42.9 Å². The average molecular weight is 634 g/mol. The lowest BCUT2D eigenvalue weighted by atomic mass is 9.80. The van der Waals surface area contributed by atoms with Gasteiger partial charge in [-0.05, 0) is 69.3 Å². The molecule has 2 saturated carbocycles. The maximum atomic E-state index is 13.2. The quantitative estimate of drug-likeness (QED) is 0.279. The van der Waals surface area contributed by atoms with Gasteiger partial charge in [-0.2, -0.15) is 10.2 Å². The van der Waals surface area contributed by atoms with Crippen LogP contribution >= 0.6 is 0 Å². The van der Waals surface area contributed by atoms with Gasteiger partial charge in [0.2, 0.25) is 11.8 Å². The zero-order chi connectivity index (χ0) is 32.0. The third-order valence-electron chi connectivity index (χ3n) is 10.4. The van der Waals surface area contributed by atoms with E-state index in [0.29, 0.717) is 23.9 Å². The van der Waals surface area contributed by atoms with E-state index >= 15 is 0 Å². The molecule has 9 rings (SSSR count). The Kier molecular flexibility index (Phi) is 6.36. The van der Waals surface area contributed by atoms with Crippen LogP contribution in [0.5, 0.6) is 0 Å².